The number of rotatable bonds is 6. The van der Waals surface area contributed by atoms with Gasteiger partial charge in [-0.25, -0.2) is 4.68 Å². The Morgan fingerprint density at radius 2 is 1.89 bits per heavy atom. The molecular weight excluding hydrogens is 358 g/mol. The molecule has 0 radical (unpaired) electrons. The van der Waals surface area contributed by atoms with Gasteiger partial charge in [0.25, 0.3) is 5.91 Å². The maximum absolute atomic E-state index is 12.6. The molecule has 0 spiro atoms. The number of nitrogens with zero attached hydrogens (tertiary/aromatic N) is 3. The fourth-order valence-electron chi connectivity index (χ4n) is 2.72. The van der Waals surface area contributed by atoms with Crippen molar-refractivity contribution in [2.45, 2.75) is 26.9 Å². The van der Waals surface area contributed by atoms with Gasteiger partial charge < -0.3 is 20.5 Å². The highest BCUT2D eigenvalue weighted by Crippen LogP contribution is 2.25. The highest BCUT2D eigenvalue weighted by molar-refractivity contribution is 6.03. The van der Waals surface area contributed by atoms with Crippen LogP contribution in [0.2, 0.25) is 0 Å². The first-order valence-electron chi connectivity index (χ1n) is 8.83. The average molecular weight is 381 g/mol. The van der Waals surface area contributed by atoms with Crippen molar-refractivity contribution in [1.82, 2.24) is 15.0 Å². The second-order valence-electron chi connectivity index (χ2n) is 6.51. The van der Waals surface area contributed by atoms with Crippen LogP contribution in [0.25, 0.3) is 5.69 Å². The van der Waals surface area contributed by atoms with E-state index in [0.717, 1.165) is 11.4 Å². The molecule has 8 heteroatoms. The Bertz CT molecular complexity index is 980. The van der Waals surface area contributed by atoms with Crippen LogP contribution in [-0.4, -0.2) is 34.1 Å². The summed E-state index contributed by atoms with van der Waals surface area (Å²) in [6, 6.07) is 12.5. The van der Waals surface area contributed by atoms with E-state index in [1.165, 1.54) is 7.11 Å². The largest absolute Gasteiger partial charge is 0.495 e. The lowest BCUT2D eigenvalue weighted by Gasteiger charge is -2.10. The average Bonchev–Trinajstić information content (AvgIpc) is 3.03. The van der Waals surface area contributed by atoms with Crippen molar-refractivity contribution in [3.05, 3.63) is 53.9 Å². The number of anilines is 2. The molecule has 1 aromatic heterocycles. The predicted molar refractivity (Wildman–Crippen MR) is 107 cm³/mol. The van der Waals surface area contributed by atoms with Crippen LogP contribution in [0.15, 0.2) is 42.5 Å². The lowest BCUT2D eigenvalue weighted by molar-refractivity contribution is 0.102. The van der Waals surface area contributed by atoms with E-state index in [1.807, 2.05) is 38.1 Å². The number of methoxy groups -OCH3 is 1. The second-order valence-corrected chi connectivity index (χ2v) is 6.51. The Balaban J connectivity index is 1.78. The molecule has 1 heterocycles. The number of benzene rings is 2. The van der Waals surface area contributed by atoms with Crippen molar-refractivity contribution in [2.75, 3.05) is 18.2 Å². The third kappa shape index (κ3) is 4.06. The summed E-state index contributed by atoms with van der Waals surface area (Å²) in [4.78, 5) is 12.6. The molecule has 0 saturated carbocycles. The standard InChI is InChI=1S/C20H23N5O3/c1-12(2)28-16-8-6-15(7-9-16)25-13(3)19(23-24-25)20(26)22-14-5-10-18(27-4)17(21)11-14/h5-12H,21H2,1-4H3,(H,22,26). The minimum absolute atomic E-state index is 0.0984. The summed E-state index contributed by atoms with van der Waals surface area (Å²) in [7, 11) is 1.53. The van der Waals surface area contributed by atoms with Crippen LogP contribution in [0.5, 0.6) is 11.5 Å². The smallest absolute Gasteiger partial charge is 0.278 e. The van der Waals surface area contributed by atoms with Gasteiger partial charge in [0, 0.05) is 5.69 Å². The summed E-state index contributed by atoms with van der Waals surface area (Å²) < 4.78 is 12.4. The fraction of sp³-hybridized carbons (Fsp3) is 0.250. The number of amides is 1. The molecule has 28 heavy (non-hydrogen) atoms. The number of carbonyl (C=O) groups is 1. The number of carbonyl (C=O) groups excluding carboxylic acids is 1. The molecule has 3 N–H and O–H groups in total. The van der Waals surface area contributed by atoms with Gasteiger partial charge in [0.2, 0.25) is 0 Å². The molecule has 146 valence electrons. The summed E-state index contributed by atoms with van der Waals surface area (Å²) in [5.41, 5.74) is 8.50. The fourth-order valence-corrected chi connectivity index (χ4v) is 2.72. The monoisotopic (exact) mass is 381 g/mol. The molecule has 0 fully saturated rings. The van der Waals surface area contributed by atoms with E-state index in [-0.39, 0.29) is 17.7 Å². The van der Waals surface area contributed by atoms with Gasteiger partial charge in [-0.1, -0.05) is 5.21 Å². The van der Waals surface area contributed by atoms with Gasteiger partial charge in [-0.15, -0.1) is 5.10 Å². The van der Waals surface area contributed by atoms with Gasteiger partial charge >= 0.3 is 0 Å². The number of hydrogen-bond donors (Lipinski definition) is 2. The summed E-state index contributed by atoms with van der Waals surface area (Å²) >= 11 is 0. The van der Waals surface area contributed by atoms with Crippen LogP contribution < -0.4 is 20.5 Å². The molecule has 0 unspecified atom stereocenters. The Labute approximate surface area is 163 Å². The third-order valence-electron chi connectivity index (χ3n) is 4.05. The van der Waals surface area contributed by atoms with E-state index >= 15 is 0 Å². The van der Waals surface area contributed by atoms with Crippen LogP contribution in [0.1, 0.15) is 30.0 Å². The van der Waals surface area contributed by atoms with Crippen LogP contribution in [0.3, 0.4) is 0 Å². The lowest BCUT2D eigenvalue weighted by Crippen LogP contribution is -2.14. The SMILES string of the molecule is COc1ccc(NC(=O)c2nnn(-c3ccc(OC(C)C)cc3)c2C)cc1N. The van der Waals surface area contributed by atoms with Gasteiger partial charge in [0.15, 0.2) is 5.69 Å². The predicted octanol–water partition coefficient (Wildman–Crippen LogP) is 3.21. The summed E-state index contributed by atoms with van der Waals surface area (Å²) in [6.45, 7) is 5.73. The quantitative estimate of drug-likeness (QED) is 0.636. The van der Waals surface area contributed by atoms with E-state index in [1.54, 1.807) is 29.8 Å². The van der Waals surface area contributed by atoms with Crippen molar-refractivity contribution in [3.8, 4) is 17.2 Å². The first-order chi connectivity index (χ1) is 13.4. The molecule has 3 rings (SSSR count). The lowest BCUT2D eigenvalue weighted by atomic mass is 10.2. The Morgan fingerprint density at radius 1 is 1.18 bits per heavy atom. The first-order valence-corrected chi connectivity index (χ1v) is 8.83. The summed E-state index contributed by atoms with van der Waals surface area (Å²) in [5, 5.41) is 10.9. The highest BCUT2D eigenvalue weighted by atomic mass is 16.5. The number of nitrogens with one attached hydrogen (secondary N) is 1. The maximum atomic E-state index is 12.6. The Hall–Kier alpha value is -3.55. The van der Waals surface area contributed by atoms with Crippen LogP contribution >= 0.6 is 0 Å². The molecule has 0 atom stereocenters. The van der Waals surface area contributed by atoms with Crippen LogP contribution in [0, 0.1) is 6.92 Å². The van der Waals surface area contributed by atoms with E-state index in [2.05, 4.69) is 15.6 Å². The number of nitrogen functional groups attached to an aromatic ring is 1. The van der Waals surface area contributed by atoms with Crippen molar-refractivity contribution in [2.24, 2.45) is 0 Å². The van der Waals surface area contributed by atoms with Gasteiger partial charge in [0.05, 0.1) is 30.3 Å². The minimum Gasteiger partial charge on any atom is -0.495 e. The second kappa shape index (κ2) is 7.99. The number of aromatic nitrogens is 3. The normalized spacial score (nSPS) is 10.8. The molecule has 0 saturated heterocycles. The Morgan fingerprint density at radius 3 is 2.50 bits per heavy atom. The van der Waals surface area contributed by atoms with Gasteiger partial charge in [-0.05, 0) is 63.2 Å². The minimum atomic E-state index is -0.368. The van der Waals surface area contributed by atoms with Crippen molar-refractivity contribution >= 4 is 17.3 Å². The Kier molecular flexibility index (Phi) is 5.49. The molecule has 0 aliphatic carbocycles. The van der Waals surface area contributed by atoms with E-state index in [4.69, 9.17) is 15.2 Å². The molecule has 2 aromatic carbocycles. The summed E-state index contributed by atoms with van der Waals surface area (Å²) in [5.74, 6) is 0.949. The zero-order chi connectivity index (χ0) is 20.3. The number of ether oxygens (including phenoxy) is 2. The molecule has 1 amide bonds. The van der Waals surface area contributed by atoms with Gasteiger partial charge in [-0.2, -0.15) is 0 Å². The van der Waals surface area contributed by atoms with Crippen LogP contribution in [-0.2, 0) is 0 Å². The van der Waals surface area contributed by atoms with E-state index in [0.29, 0.717) is 22.8 Å². The van der Waals surface area contributed by atoms with Crippen LogP contribution in [0.4, 0.5) is 11.4 Å². The molecule has 0 bridgehead atoms. The van der Waals surface area contributed by atoms with Crippen molar-refractivity contribution in [1.29, 1.82) is 0 Å². The molecule has 8 nitrogen and oxygen atoms in total. The molecule has 0 aliphatic rings. The first kappa shape index (κ1) is 19.2. The maximum Gasteiger partial charge on any atom is 0.278 e. The van der Waals surface area contributed by atoms with E-state index < -0.39 is 0 Å². The van der Waals surface area contributed by atoms with Crippen molar-refractivity contribution < 1.29 is 14.3 Å². The molecular formula is C20H23N5O3. The molecule has 0 aliphatic heterocycles. The van der Waals surface area contributed by atoms with Gasteiger partial charge in [-0.3, -0.25) is 4.79 Å². The van der Waals surface area contributed by atoms with Crippen molar-refractivity contribution in [3.63, 3.8) is 0 Å². The highest BCUT2D eigenvalue weighted by Gasteiger charge is 2.18. The number of nitrogens with two attached hydrogens (primary N) is 1. The zero-order valence-electron chi connectivity index (χ0n) is 16.3. The topological polar surface area (TPSA) is 104 Å². The number of hydrogen-bond acceptors (Lipinski definition) is 6. The van der Waals surface area contributed by atoms with E-state index in [9.17, 15) is 4.79 Å². The molecule has 3 aromatic rings. The summed E-state index contributed by atoms with van der Waals surface area (Å²) in [6.07, 6.45) is 0.0984. The third-order valence-corrected chi connectivity index (χ3v) is 4.05. The van der Waals surface area contributed by atoms with Gasteiger partial charge in [0.1, 0.15) is 11.5 Å². The zero-order valence-corrected chi connectivity index (χ0v) is 16.3.